The monoisotopic (exact) mass is 297 g/mol. The molecule has 1 unspecified atom stereocenters. The normalized spacial score (nSPS) is 18.6. The van der Waals surface area contributed by atoms with E-state index >= 15 is 0 Å². The Bertz CT molecular complexity index is 516. The zero-order valence-corrected chi connectivity index (χ0v) is 11.7. The van der Waals surface area contributed by atoms with Gasteiger partial charge in [0.2, 0.25) is 0 Å². The predicted molar refractivity (Wildman–Crippen MR) is 76.0 cm³/mol. The van der Waals surface area contributed by atoms with Gasteiger partial charge in [-0.05, 0) is 37.9 Å². The van der Waals surface area contributed by atoms with Gasteiger partial charge in [0.1, 0.15) is 0 Å². The minimum atomic E-state index is -0.562. The molecular formula is C13H16ClN3O3. The fraction of sp³-hybridized carbons (Fsp3) is 0.462. The Morgan fingerprint density at radius 3 is 2.95 bits per heavy atom. The molecule has 1 heterocycles. The number of hydrogen-bond donors (Lipinski definition) is 2. The largest absolute Gasteiger partial charge is 0.352 e. The van der Waals surface area contributed by atoms with Gasteiger partial charge in [-0.1, -0.05) is 11.6 Å². The van der Waals surface area contributed by atoms with Crippen molar-refractivity contribution >= 4 is 23.2 Å². The lowest BCUT2D eigenvalue weighted by Crippen LogP contribution is -2.38. The number of benzene rings is 1. The number of carbonyl (C=O) groups excluding carboxylic acids is 1. The molecule has 1 saturated heterocycles. The molecule has 2 rings (SSSR count). The van der Waals surface area contributed by atoms with Gasteiger partial charge in [0.05, 0.1) is 4.92 Å². The maximum atomic E-state index is 12.0. The van der Waals surface area contributed by atoms with E-state index in [9.17, 15) is 14.9 Å². The van der Waals surface area contributed by atoms with E-state index in [1.807, 2.05) is 0 Å². The summed E-state index contributed by atoms with van der Waals surface area (Å²) in [7, 11) is 0. The molecule has 1 atom stereocenters. The van der Waals surface area contributed by atoms with E-state index in [-0.39, 0.29) is 22.2 Å². The molecule has 1 fully saturated rings. The van der Waals surface area contributed by atoms with Crippen molar-refractivity contribution in [3.8, 4) is 0 Å². The van der Waals surface area contributed by atoms with E-state index in [0.717, 1.165) is 25.9 Å². The van der Waals surface area contributed by atoms with Gasteiger partial charge in [0, 0.05) is 29.3 Å². The molecule has 2 N–H and O–H groups in total. The molecule has 20 heavy (non-hydrogen) atoms. The van der Waals surface area contributed by atoms with E-state index < -0.39 is 4.92 Å². The standard InChI is InChI=1S/C13H16ClN3O3/c14-11-4-10(5-12(6-11)17(19)20)13(18)16-8-9-2-1-3-15-7-9/h4-6,9,15H,1-3,7-8H2,(H,16,18). The van der Waals surface area contributed by atoms with Gasteiger partial charge in [0.25, 0.3) is 11.6 Å². The van der Waals surface area contributed by atoms with E-state index in [1.54, 1.807) is 0 Å². The van der Waals surface area contributed by atoms with Crippen molar-refractivity contribution < 1.29 is 9.72 Å². The maximum Gasteiger partial charge on any atom is 0.271 e. The van der Waals surface area contributed by atoms with Crippen molar-refractivity contribution in [2.75, 3.05) is 19.6 Å². The number of piperidine rings is 1. The molecule has 108 valence electrons. The average Bonchev–Trinajstić information content (AvgIpc) is 2.45. The van der Waals surface area contributed by atoms with Crippen molar-refractivity contribution in [3.63, 3.8) is 0 Å². The molecule has 1 aliphatic heterocycles. The topological polar surface area (TPSA) is 84.3 Å². The second-order valence-electron chi connectivity index (χ2n) is 4.88. The number of rotatable bonds is 4. The highest BCUT2D eigenvalue weighted by molar-refractivity contribution is 6.31. The highest BCUT2D eigenvalue weighted by Crippen LogP contribution is 2.21. The summed E-state index contributed by atoms with van der Waals surface area (Å²) in [5.41, 5.74) is 0.0370. The fourth-order valence-corrected chi connectivity index (χ4v) is 2.48. The van der Waals surface area contributed by atoms with Crippen LogP contribution in [0.5, 0.6) is 0 Å². The van der Waals surface area contributed by atoms with Crippen LogP contribution in [0.25, 0.3) is 0 Å². The third-order valence-corrected chi connectivity index (χ3v) is 3.52. The molecule has 0 aliphatic carbocycles. The number of halogens is 1. The highest BCUT2D eigenvalue weighted by Gasteiger charge is 2.17. The minimum Gasteiger partial charge on any atom is -0.352 e. The van der Waals surface area contributed by atoms with E-state index in [1.165, 1.54) is 18.2 Å². The molecule has 1 amide bonds. The molecule has 6 nitrogen and oxygen atoms in total. The number of non-ortho nitro benzene ring substituents is 1. The SMILES string of the molecule is O=C(NCC1CCCNC1)c1cc(Cl)cc([N+](=O)[O-])c1. The molecule has 1 aromatic rings. The molecule has 0 spiro atoms. The highest BCUT2D eigenvalue weighted by atomic mass is 35.5. The predicted octanol–water partition coefficient (Wildman–Crippen LogP) is 1.98. The third-order valence-electron chi connectivity index (χ3n) is 3.31. The smallest absolute Gasteiger partial charge is 0.271 e. The summed E-state index contributed by atoms with van der Waals surface area (Å²) in [6.07, 6.45) is 2.17. The molecule has 7 heteroatoms. The maximum absolute atomic E-state index is 12.0. The number of amides is 1. The van der Waals surface area contributed by atoms with Gasteiger partial charge >= 0.3 is 0 Å². The first-order valence-electron chi connectivity index (χ1n) is 6.50. The first-order valence-corrected chi connectivity index (χ1v) is 6.88. The number of carbonyl (C=O) groups is 1. The summed E-state index contributed by atoms with van der Waals surface area (Å²) in [4.78, 5) is 22.2. The van der Waals surface area contributed by atoms with Crippen LogP contribution in [0.1, 0.15) is 23.2 Å². The average molecular weight is 298 g/mol. The Kier molecular flexibility index (Phi) is 4.92. The van der Waals surface area contributed by atoms with Crippen molar-refractivity contribution in [3.05, 3.63) is 38.9 Å². The zero-order valence-electron chi connectivity index (χ0n) is 10.9. The Morgan fingerprint density at radius 1 is 1.50 bits per heavy atom. The number of nitro groups is 1. The summed E-state index contributed by atoms with van der Waals surface area (Å²) in [5, 5.41) is 17.0. The molecule has 0 radical (unpaired) electrons. The first-order chi connectivity index (χ1) is 9.56. The Labute approximate surface area is 121 Å². The minimum absolute atomic E-state index is 0.179. The van der Waals surface area contributed by atoms with Crippen molar-refractivity contribution in [2.24, 2.45) is 5.92 Å². The van der Waals surface area contributed by atoms with Gasteiger partial charge in [-0.15, -0.1) is 0 Å². The molecule has 0 saturated carbocycles. The lowest BCUT2D eigenvalue weighted by atomic mass is 9.99. The van der Waals surface area contributed by atoms with Crippen LogP contribution >= 0.6 is 11.6 Å². The summed E-state index contributed by atoms with van der Waals surface area (Å²) < 4.78 is 0. The van der Waals surface area contributed by atoms with Crippen LogP contribution in [0.3, 0.4) is 0 Å². The molecular weight excluding hydrogens is 282 g/mol. The van der Waals surface area contributed by atoms with E-state index in [2.05, 4.69) is 10.6 Å². The lowest BCUT2D eigenvalue weighted by molar-refractivity contribution is -0.384. The zero-order chi connectivity index (χ0) is 14.5. The molecule has 1 aliphatic rings. The van der Waals surface area contributed by atoms with Crippen molar-refractivity contribution in [1.82, 2.24) is 10.6 Å². The summed E-state index contributed by atoms with van der Waals surface area (Å²) in [6, 6.07) is 3.90. The van der Waals surface area contributed by atoms with Crippen LogP contribution in [-0.4, -0.2) is 30.5 Å². The van der Waals surface area contributed by atoms with Gasteiger partial charge in [-0.3, -0.25) is 14.9 Å². The Morgan fingerprint density at radius 2 is 2.30 bits per heavy atom. The van der Waals surface area contributed by atoms with E-state index in [4.69, 9.17) is 11.6 Å². The lowest BCUT2D eigenvalue weighted by Gasteiger charge is -2.22. The number of hydrogen-bond acceptors (Lipinski definition) is 4. The number of nitrogens with zero attached hydrogens (tertiary/aromatic N) is 1. The van der Waals surface area contributed by atoms with Crippen LogP contribution < -0.4 is 10.6 Å². The summed E-state index contributed by atoms with van der Waals surface area (Å²) >= 11 is 5.79. The van der Waals surface area contributed by atoms with Gasteiger partial charge in [0.15, 0.2) is 0 Å². The fourth-order valence-electron chi connectivity index (χ4n) is 2.25. The molecule has 0 aromatic heterocycles. The summed E-state index contributed by atoms with van der Waals surface area (Å²) in [5.74, 6) is 0.0723. The molecule has 1 aromatic carbocycles. The van der Waals surface area contributed by atoms with Crippen LogP contribution in [0.4, 0.5) is 5.69 Å². The second kappa shape index (κ2) is 6.67. The summed E-state index contributed by atoms with van der Waals surface area (Å²) in [6.45, 7) is 2.47. The Balaban J connectivity index is 1.99. The van der Waals surface area contributed by atoms with Crippen LogP contribution in [-0.2, 0) is 0 Å². The van der Waals surface area contributed by atoms with Crippen molar-refractivity contribution in [2.45, 2.75) is 12.8 Å². The Hall–Kier alpha value is -1.66. The first kappa shape index (κ1) is 14.7. The van der Waals surface area contributed by atoms with Gasteiger partial charge in [-0.2, -0.15) is 0 Å². The van der Waals surface area contributed by atoms with E-state index in [0.29, 0.717) is 12.5 Å². The molecule has 0 bridgehead atoms. The van der Waals surface area contributed by atoms with Crippen LogP contribution in [0.15, 0.2) is 18.2 Å². The number of nitro benzene ring substituents is 1. The third kappa shape index (κ3) is 3.91. The van der Waals surface area contributed by atoms with Crippen molar-refractivity contribution in [1.29, 1.82) is 0 Å². The van der Waals surface area contributed by atoms with Crippen LogP contribution in [0, 0.1) is 16.0 Å². The quantitative estimate of drug-likeness (QED) is 0.657. The van der Waals surface area contributed by atoms with Gasteiger partial charge < -0.3 is 10.6 Å². The van der Waals surface area contributed by atoms with Gasteiger partial charge in [-0.25, -0.2) is 0 Å². The number of nitrogens with one attached hydrogen (secondary N) is 2. The van der Waals surface area contributed by atoms with Crippen LogP contribution in [0.2, 0.25) is 5.02 Å². The second-order valence-corrected chi connectivity index (χ2v) is 5.31.